The minimum absolute atomic E-state index is 0.00867. The van der Waals surface area contributed by atoms with Crippen LogP contribution in [0.25, 0.3) is 0 Å². The summed E-state index contributed by atoms with van der Waals surface area (Å²) in [5.41, 5.74) is -0.305. The number of rotatable bonds is 3. The highest BCUT2D eigenvalue weighted by molar-refractivity contribution is 8.13. The molecule has 0 fully saturated rings. The van der Waals surface area contributed by atoms with Gasteiger partial charge in [-0.05, 0) is 18.6 Å². The summed E-state index contributed by atoms with van der Waals surface area (Å²) in [6.45, 7) is 1.30. The van der Waals surface area contributed by atoms with Crippen LogP contribution >= 0.6 is 33.9 Å². The van der Waals surface area contributed by atoms with Crippen molar-refractivity contribution in [2.75, 3.05) is 5.32 Å². The molecule has 0 bridgehead atoms. The molecule has 0 aliphatic carbocycles. The summed E-state index contributed by atoms with van der Waals surface area (Å²) in [6.07, 6.45) is -3.26. The smallest absolute Gasteiger partial charge is 0.315 e. The quantitative estimate of drug-likeness (QED) is 0.848. The van der Waals surface area contributed by atoms with Crippen LogP contribution in [-0.4, -0.2) is 20.8 Å². The van der Waals surface area contributed by atoms with Gasteiger partial charge < -0.3 is 5.32 Å². The van der Waals surface area contributed by atoms with Crippen LogP contribution in [0.4, 0.5) is 14.5 Å². The monoisotopic (exact) mass is 351 g/mol. The second kappa shape index (κ2) is 5.78. The van der Waals surface area contributed by atoms with Crippen LogP contribution in [0, 0.1) is 6.92 Å². The van der Waals surface area contributed by atoms with E-state index in [1.165, 1.54) is 6.92 Å². The fourth-order valence-corrected chi connectivity index (χ4v) is 3.12. The Morgan fingerprint density at radius 1 is 1.37 bits per heavy atom. The Bertz CT molecular complexity index is 634. The van der Waals surface area contributed by atoms with Gasteiger partial charge in [-0.3, -0.25) is 4.79 Å². The van der Waals surface area contributed by atoms with Crippen LogP contribution in [0.15, 0.2) is 11.0 Å². The lowest BCUT2D eigenvalue weighted by Gasteiger charge is -2.13. The summed E-state index contributed by atoms with van der Waals surface area (Å²) in [5.74, 6) is -1.61. The zero-order valence-corrected chi connectivity index (χ0v) is 12.3. The van der Waals surface area contributed by atoms with Crippen molar-refractivity contribution in [1.29, 1.82) is 0 Å². The maximum absolute atomic E-state index is 12.1. The standard InChI is InChI=1S/C9H6Cl3F2NO3S/c1-3-5(19(12,17)18)2-4(10)7(6(3)11)15-9(16)8(13)14/h2,8H,1H3,(H,15,16). The van der Waals surface area contributed by atoms with Crippen LogP contribution in [0.3, 0.4) is 0 Å². The third-order valence-electron chi connectivity index (χ3n) is 2.12. The number of hydrogen-bond acceptors (Lipinski definition) is 3. The van der Waals surface area contributed by atoms with Crippen LogP contribution in [0.1, 0.15) is 5.56 Å². The third kappa shape index (κ3) is 3.68. The number of carbonyl (C=O) groups is 1. The molecule has 0 atom stereocenters. The van der Waals surface area contributed by atoms with Gasteiger partial charge in [-0.1, -0.05) is 23.2 Å². The molecule has 1 aromatic rings. The van der Waals surface area contributed by atoms with E-state index in [-0.39, 0.29) is 26.2 Å². The lowest BCUT2D eigenvalue weighted by Crippen LogP contribution is -2.20. The molecule has 19 heavy (non-hydrogen) atoms. The first kappa shape index (κ1) is 16.4. The van der Waals surface area contributed by atoms with E-state index in [2.05, 4.69) is 0 Å². The van der Waals surface area contributed by atoms with Gasteiger partial charge in [0.25, 0.3) is 15.0 Å². The molecule has 0 heterocycles. The number of benzene rings is 1. The summed E-state index contributed by atoms with van der Waals surface area (Å²) in [4.78, 5) is 10.5. The predicted octanol–water partition coefficient (Wildman–Crippen LogP) is 3.43. The normalized spacial score (nSPS) is 11.7. The maximum Gasteiger partial charge on any atom is 0.315 e. The number of hydrogen-bond donors (Lipinski definition) is 1. The number of nitrogens with one attached hydrogen (secondary N) is 1. The Labute approximate surface area is 122 Å². The molecule has 106 valence electrons. The molecule has 1 aromatic carbocycles. The second-order valence-corrected chi connectivity index (χ2v) is 6.72. The van der Waals surface area contributed by atoms with Crippen LogP contribution in [0.5, 0.6) is 0 Å². The zero-order chi connectivity index (χ0) is 15.0. The van der Waals surface area contributed by atoms with Gasteiger partial charge in [0.1, 0.15) is 0 Å². The van der Waals surface area contributed by atoms with Crippen molar-refractivity contribution in [3.8, 4) is 0 Å². The molecule has 1 N–H and O–H groups in total. The first-order chi connectivity index (χ1) is 8.55. The van der Waals surface area contributed by atoms with Crippen molar-refractivity contribution in [3.05, 3.63) is 21.7 Å². The molecule has 10 heteroatoms. The lowest BCUT2D eigenvalue weighted by molar-refractivity contribution is -0.126. The molecule has 1 rings (SSSR count). The molecule has 0 aliphatic heterocycles. The van der Waals surface area contributed by atoms with E-state index in [0.29, 0.717) is 0 Å². The van der Waals surface area contributed by atoms with E-state index in [4.69, 9.17) is 33.9 Å². The molecule has 0 aliphatic rings. The first-order valence-electron chi connectivity index (χ1n) is 4.58. The van der Waals surface area contributed by atoms with Crippen LogP contribution in [-0.2, 0) is 13.8 Å². The molecule has 1 amide bonds. The fraction of sp³-hybridized carbons (Fsp3) is 0.222. The lowest BCUT2D eigenvalue weighted by atomic mass is 10.2. The molecule has 0 saturated heterocycles. The van der Waals surface area contributed by atoms with Crippen molar-refractivity contribution in [3.63, 3.8) is 0 Å². The van der Waals surface area contributed by atoms with E-state index in [1.807, 2.05) is 0 Å². The van der Waals surface area contributed by atoms with E-state index in [1.54, 1.807) is 5.32 Å². The average Bonchev–Trinajstić information content (AvgIpc) is 2.27. The maximum atomic E-state index is 12.1. The molecule has 0 aromatic heterocycles. The Morgan fingerprint density at radius 2 is 1.89 bits per heavy atom. The summed E-state index contributed by atoms with van der Waals surface area (Å²) >= 11 is 11.5. The number of halogens is 5. The van der Waals surface area contributed by atoms with Gasteiger partial charge >= 0.3 is 6.43 Å². The summed E-state index contributed by atoms with van der Waals surface area (Å²) in [6, 6.07) is 0.923. The van der Waals surface area contributed by atoms with E-state index in [9.17, 15) is 22.0 Å². The first-order valence-corrected chi connectivity index (χ1v) is 7.64. The minimum Gasteiger partial charge on any atom is -0.319 e. The van der Waals surface area contributed by atoms with E-state index >= 15 is 0 Å². The SMILES string of the molecule is Cc1c(S(=O)(=O)Cl)cc(Cl)c(NC(=O)C(F)F)c1Cl. The van der Waals surface area contributed by atoms with Gasteiger partial charge in [0.05, 0.1) is 20.6 Å². The third-order valence-corrected chi connectivity index (χ3v) is 4.34. The van der Waals surface area contributed by atoms with Crippen molar-refractivity contribution < 1.29 is 22.0 Å². The number of anilines is 1. The summed E-state index contributed by atoms with van der Waals surface area (Å²) < 4.78 is 46.7. The fourth-order valence-electron chi connectivity index (χ4n) is 1.24. The zero-order valence-electron chi connectivity index (χ0n) is 9.18. The van der Waals surface area contributed by atoms with Gasteiger partial charge in [0.2, 0.25) is 0 Å². The van der Waals surface area contributed by atoms with E-state index in [0.717, 1.165) is 6.07 Å². The topological polar surface area (TPSA) is 63.2 Å². The summed E-state index contributed by atoms with van der Waals surface area (Å²) in [5, 5.41) is 1.21. The van der Waals surface area contributed by atoms with Gasteiger partial charge in [0, 0.05) is 10.7 Å². The molecule has 4 nitrogen and oxygen atoms in total. The van der Waals surface area contributed by atoms with Crippen molar-refractivity contribution >= 4 is 54.5 Å². The predicted molar refractivity (Wildman–Crippen MR) is 68.9 cm³/mol. The molecule has 0 saturated carbocycles. The van der Waals surface area contributed by atoms with Gasteiger partial charge in [-0.25, -0.2) is 8.42 Å². The molecule has 0 radical (unpaired) electrons. The van der Waals surface area contributed by atoms with Gasteiger partial charge in [0.15, 0.2) is 0 Å². The molecule has 0 spiro atoms. The second-order valence-electron chi connectivity index (χ2n) is 3.40. The Balaban J connectivity index is 3.39. The molecular weight excluding hydrogens is 347 g/mol. The molecular formula is C9H6Cl3F2NO3S. The van der Waals surface area contributed by atoms with Crippen LogP contribution in [0.2, 0.25) is 10.0 Å². The van der Waals surface area contributed by atoms with Crippen molar-refractivity contribution in [2.45, 2.75) is 18.2 Å². The Hall–Kier alpha value is -0.630. The number of amides is 1. The Kier molecular flexibility index (Phi) is 5.00. The highest BCUT2D eigenvalue weighted by Crippen LogP contribution is 2.38. The largest absolute Gasteiger partial charge is 0.319 e. The average molecular weight is 353 g/mol. The highest BCUT2D eigenvalue weighted by Gasteiger charge is 2.23. The number of alkyl halides is 2. The highest BCUT2D eigenvalue weighted by atomic mass is 35.7. The minimum atomic E-state index is -4.10. The van der Waals surface area contributed by atoms with Crippen LogP contribution < -0.4 is 5.32 Å². The van der Waals surface area contributed by atoms with E-state index < -0.39 is 21.4 Å². The molecule has 0 unspecified atom stereocenters. The van der Waals surface area contributed by atoms with Crippen molar-refractivity contribution in [2.24, 2.45) is 0 Å². The van der Waals surface area contributed by atoms with Crippen molar-refractivity contribution in [1.82, 2.24) is 0 Å². The summed E-state index contributed by atoms with van der Waals surface area (Å²) in [7, 11) is 1.07. The van der Waals surface area contributed by atoms with Gasteiger partial charge in [-0.2, -0.15) is 8.78 Å². The Morgan fingerprint density at radius 3 is 2.32 bits per heavy atom. The number of carbonyl (C=O) groups excluding carboxylic acids is 1. The van der Waals surface area contributed by atoms with Gasteiger partial charge in [-0.15, -0.1) is 0 Å².